The topological polar surface area (TPSA) is 38.3 Å². The molecule has 3 nitrogen and oxygen atoms in total. The first kappa shape index (κ1) is 17.3. The fourth-order valence-electron chi connectivity index (χ4n) is 4.18. The van der Waals surface area contributed by atoms with Crippen LogP contribution in [0.5, 0.6) is 0 Å². The molecular formula is C23H27NO2. The maximum absolute atomic E-state index is 12.7. The zero-order valence-corrected chi connectivity index (χ0v) is 15.4. The fourth-order valence-corrected chi connectivity index (χ4v) is 4.18. The molecule has 1 heterocycles. The quantitative estimate of drug-likeness (QED) is 0.887. The van der Waals surface area contributed by atoms with E-state index in [1.807, 2.05) is 6.07 Å². The second-order valence-corrected chi connectivity index (χ2v) is 7.84. The van der Waals surface area contributed by atoms with Crippen LogP contribution in [0.4, 0.5) is 0 Å². The Labute approximate surface area is 155 Å². The van der Waals surface area contributed by atoms with Gasteiger partial charge in [0.2, 0.25) is 5.91 Å². The molecule has 26 heavy (non-hydrogen) atoms. The number of hydrogen-bond acceptors (Lipinski definition) is 2. The zero-order valence-electron chi connectivity index (χ0n) is 15.4. The Balaban J connectivity index is 1.42. The number of nitrogens with one attached hydrogen (secondary N) is 1. The van der Waals surface area contributed by atoms with Crippen LogP contribution in [-0.4, -0.2) is 25.7 Å². The molecule has 1 saturated heterocycles. The van der Waals surface area contributed by atoms with E-state index < -0.39 is 0 Å². The van der Waals surface area contributed by atoms with Crippen molar-refractivity contribution in [2.75, 3.05) is 19.8 Å². The van der Waals surface area contributed by atoms with Gasteiger partial charge in [-0.1, -0.05) is 60.2 Å². The number of benzene rings is 2. The Morgan fingerprint density at radius 2 is 1.77 bits per heavy atom. The summed E-state index contributed by atoms with van der Waals surface area (Å²) in [5.74, 6) is 0.727. The predicted molar refractivity (Wildman–Crippen MR) is 103 cm³/mol. The van der Waals surface area contributed by atoms with Gasteiger partial charge in [0.25, 0.3) is 0 Å². The number of amides is 1. The summed E-state index contributed by atoms with van der Waals surface area (Å²) in [6, 6.07) is 19.2. The minimum atomic E-state index is -0.00125. The van der Waals surface area contributed by atoms with E-state index in [9.17, 15) is 4.79 Å². The van der Waals surface area contributed by atoms with Crippen LogP contribution < -0.4 is 5.32 Å². The lowest BCUT2D eigenvalue weighted by atomic mass is 9.74. The van der Waals surface area contributed by atoms with Gasteiger partial charge >= 0.3 is 0 Å². The third-order valence-electron chi connectivity index (χ3n) is 6.07. The van der Waals surface area contributed by atoms with E-state index in [-0.39, 0.29) is 17.2 Å². The molecule has 0 spiro atoms. The van der Waals surface area contributed by atoms with Crippen LogP contribution >= 0.6 is 0 Å². The van der Waals surface area contributed by atoms with Crippen molar-refractivity contribution in [3.05, 3.63) is 71.3 Å². The lowest BCUT2D eigenvalue weighted by Crippen LogP contribution is -2.45. The number of rotatable bonds is 5. The van der Waals surface area contributed by atoms with Crippen molar-refractivity contribution in [1.29, 1.82) is 0 Å². The Kier molecular flexibility index (Phi) is 4.82. The summed E-state index contributed by atoms with van der Waals surface area (Å²) in [4.78, 5) is 12.7. The highest BCUT2D eigenvalue weighted by Crippen LogP contribution is 2.47. The first-order valence-electron chi connectivity index (χ1n) is 9.65. The van der Waals surface area contributed by atoms with Gasteiger partial charge in [0.1, 0.15) is 0 Å². The Bertz CT molecular complexity index is 748. The number of carbonyl (C=O) groups is 1. The van der Waals surface area contributed by atoms with Crippen LogP contribution in [0.1, 0.15) is 41.9 Å². The summed E-state index contributed by atoms with van der Waals surface area (Å²) >= 11 is 0. The number of aryl methyl sites for hydroxylation is 1. The monoisotopic (exact) mass is 349 g/mol. The average molecular weight is 349 g/mol. The second kappa shape index (κ2) is 7.24. The van der Waals surface area contributed by atoms with Crippen molar-refractivity contribution in [2.45, 2.75) is 37.5 Å². The molecule has 2 aromatic rings. The molecule has 0 aromatic heterocycles. The maximum atomic E-state index is 12.7. The van der Waals surface area contributed by atoms with Gasteiger partial charge in [-0.3, -0.25) is 4.79 Å². The van der Waals surface area contributed by atoms with E-state index in [2.05, 4.69) is 60.8 Å². The minimum Gasteiger partial charge on any atom is -0.381 e. The van der Waals surface area contributed by atoms with Crippen molar-refractivity contribution in [3.8, 4) is 0 Å². The molecule has 136 valence electrons. The first-order valence-corrected chi connectivity index (χ1v) is 9.65. The summed E-state index contributed by atoms with van der Waals surface area (Å²) in [6.45, 7) is 4.34. The number of carbonyl (C=O) groups excluding carboxylic acids is 1. The molecule has 4 rings (SSSR count). The van der Waals surface area contributed by atoms with Crippen molar-refractivity contribution in [3.63, 3.8) is 0 Å². The molecule has 0 bridgehead atoms. The van der Waals surface area contributed by atoms with Gasteiger partial charge in [-0.05, 0) is 43.2 Å². The lowest BCUT2D eigenvalue weighted by Gasteiger charge is -2.38. The van der Waals surface area contributed by atoms with Gasteiger partial charge in [0.05, 0.1) is 0 Å². The summed E-state index contributed by atoms with van der Waals surface area (Å²) in [6.07, 6.45) is 2.89. The van der Waals surface area contributed by atoms with E-state index in [1.165, 1.54) is 16.7 Å². The third-order valence-corrected chi connectivity index (χ3v) is 6.07. The second-order valence-electron chi connectivity index (χ2n) is 7.84. The molecule has 0 unspecified atom stereocenters. The highest BCUT2D eigenvalue weighted by molar-refractivity contribution is 5.83. The normalized spacial score (nSPS) is 24.0. The average Bonchev–Trinajstić information content (AvgIpc) is 3.49. The maximum Gasteiger partial charge on any atom is 0.223 e. The van der Waals surface area contributed by atoms with E-state index in [0.717, 1.165) is 32.5 Å². The van der Waals surface area contributed by atoms with Crippen LogP contribution in [0, 0.1) is 12.8 Å². The Hall–Kier alpha value is -2.13. The third kappa shape index (κ3) is 3.54. The molecular weight excluding hydrogens is 322 g/mol. The lowest BCUT2D eigenvalue weighted by molar-refractivity contribution is -0.122. The molecule has 1 N–H and O–H groups in total. The van der Waals surface area contributed by atoms with Gasteiger partial charge in [-0.15, -0.1) is 0 Å². The highest BCUT2D eigenvalue weighted by atomic mass is 16.5. The SMILES string of the molecule is Cc1ccc(C2(CNC(=O)[C@H]3C[C@@H]3c3ccccc3)CCOCC2)cc1. The molecule has 3 heteroatoms. The van der Waals surface area contributed by atoms with Gasteiger partial charge in [0, 0.05) is 31.1 Å². The van der Waals surface area contributed by atoms with Gasteiger partial charge in [0.15, 0.2) is 0 Å². The Morgan fingerprint density at radius 3 is 2.46 bits per heavy atom. The fraction of sp³-hybridized carbons (Fsp3) is 0.435. The van der Waals surface area contributed by atoms with Crippen molar-refractivity contribution in [1.82, 2.24) is 5.32 Å². The van der Waals surface area contributed by atoms with Crippen LogP contribution in [0.2, 0.25) is 0 Å². The van der Waals surface area contributed by atoms with Crippen molar-refractivity contribution < 1.29 is 9.53 Å². The van der Waals surface area contributed by atoms with E-state index in [1.54, 1.807) is 0 Å². The highest BCUT2D eigenvalue weighted by Gasteiger charge is 2.44. The molecule has 2 aliphatic rings. The van der Waals surface area contributed by atoms with E-state index >= 15 is 0 Å². The van der Waals surface area contributed by atoms with Crippen molar-refractivity contribution in [2.24, 2.45) is 5.92 Å². The first-order chi connectivity index (χ1) is 12.7. The summed E-state index contributed by atoms with van der Waals surface area (Å²) in [5, 5.41) is 3.27. The largest absolute Gasteiger partial charge is 0.381 e. The standard InChI is InChI=1S/C23H27NO2/c1-17-7-9-19(10-8-17)23(11-13-26-14-12-23)16-24-22(25)21-15-20(21)18-5-3-2-4-6-18/h2-10,20-21H,11-16H2,1H3,(H,24,25)/t20-,21+/m1/s1. The molecule has 2 fully saturated rings. The van der Waals surface area contributed by atoms with Gasteiger partial charge in [-0.2, -0.15) is 0 Å². The van der Waals surface area contributed by atoms with E-state index in [0.29, 0.717) is 12.5 Å². The zero-order chi connectivity index (χ0) is 18.0. The van der Waals surface area contributed by atoms with Crippen LogP contribution in [0.3, 0.4) is 0 Å². The molecule has 1 saturated carbocycles. The Morgan fingerprint density at radius 1 is 1.08 bits per heavy atom. The summed E-state index contributed by atoms with van der Waals surface area (Å²) in [5.41, 5.74) is 3.87. The van der Waals surface area contributed by atoms with Gasteiger partial charge < -0.3 is 10.1 Å². The van der Waals surface area contributed by atoms with Crippen LogP contribution in [0.25, 0.3) is 0 Å². The predicted octanol–water partition coefficient (Wildman–Crippen LogP) is 3.96. The molecule has 0 radical (unpaired) electrons. The molecule has 2 atom stereocenters. The van der Waals surface area contributed by atoms with Crippen molar-refractivity contribution >= 4 is 5.91 Å². The summed E-state index contributed by atoms with van der Waals surface area (Å²) < 4.78 is 5.60. The number of ether oxygens (including phenoxy) is 1. The summed E-state index contributed by atoms with van der Waals surface area (Å²) in [7, 11) is 0. The van der Waals surface area contributed by atoms with Gasteiger partial charge in [-0.25, -0.2) is 0 Å². The van der Waals surface area contributed by atoms with Crippen LogP contribution in [-0.2, 0) is 14.9 Å². The molecule has 1 aliphatic heterocycles. The molecule has 2 aromatic carbocycles. The number of hydrogen-bond donors (Lipinski definition) is 1. The molecule has 1 aliphatic carbocycles. The molecule has 1 amide bonds. The van der Waals surface area contributed by atoms with E-state index in [4.69, 9.17) is 4.74 Å². The van der Waals surface area contributed by atoms with Crippen LogP contribution in [0.15, 0.2) is 54.6 Å². The smallest absolute Gasteiger partial charge is 0.223 e. The minimum absolute atomic E-state index is 0.00125.